The van der Waals surface area contributed by atoms with E-state index in [0.717, 1.165) is 25.9 Å². The summed E-state index contributed by atoms with van der Waals surface area (Å²) >= 11 is 10.3. The number of alkyl halides is 1. The lowest BCUT2D eigenvalue weighted by molar-refractivity contribution is 0.127. The van der Waals surface area contributed by atoms with Crippen molar-refractivity contribution in [1.29, 1.82) is 0 Å². The lowest BCUT2D eigenvalue weighted by atomic mass is 9.75. The van der Waals surface area contributed by atoms with Crippen LogP contribution in [0.4, 0.5) is 5.82 Å². The third kappa shape index (κ3) is 5.15. The second-order valence-corrected chi connectivity index (χ2v) is 11.9. The molecule has 37 heavy (non-hydrogen) atoms. The van der Waals surface area contributed by atoms with E-state index in [-0.39, 0.29) is 21.1 Å². The first kappa shape index (κ1) is 26.9. The molecule has 2 aliphatic heterocycles. The molecule has 5 rings (SSSR count). The van der Waals surface area contributed by atoms with Gasteiger partial charge < -0.3 is 24.8 Å². The molecule has 2 aliphatic rings. The summed E-state index contributed by atoms with van der Waals surface area (Å²) in [7, 11) is 3.18. The molecule has 13 heteroatoms. The molecule has 0 unspecified atom stereocenters. The van der Waals surface area contributed by atoms with Gasteiger partial charge in [-0.05, 0) is 47.6 Å². The number of anilines is 1. The second kappa shape index (κ2) is 11.2. The Labute approximate surface area is 237 Å². The molecule has 0 radical (unpaired) electrons. The molecular weight excluding hydrogens is 631 g/mol. The summed E-state index contributed by atoms with van der Waals surface area (Å²) in [6.45, 7) is 3.10. The first-order valence-electron chi connectivity index (χ1n) is 11.9. The van der Waals surface area contributed by atoms with E-state index in [9.17, 15) is 4.79 Å². The molecule has 3 aromatic rings. The normalized spacial score (nSPS) is 21.2. The Morgan fingerprint density at radius 3 is 2.76 bits per heavy atom. The van der Waals surface area contributed by atoms with E-state index >= 15 is 0 Å². The maximum absolute atomic E-state index is 13.0. The van der Waals surface area contributed by atoms with Crippen LogP contribution < -0.4 is 20.9 Å². The van der Waals surface area contributed by atoms with Crippen LogP contribution in [0.2, 0.25) is 5.02 Å². The van der Waals surface area contributed by atoms with Gasteiger partial charge in [-0.2, -0.15) is 0 Å². The van der Waals surface area contributed by atoms with Crippen molar-refractivity contribution in [2.45, 2.75) is 39.5 Å². The second-order valence-electron chi connectivity index (χ2n) is 9.19. The zero-order valence-electron chi connectivity index (χ0n) is 20.5. The number of nitrogens with two attached hydrogens (primary N) is 1. The van der Waals surface area contributed by atoms with Crippen LogP contribution in [0.5, 0.6) is 5.88 Å². The summed E-state index contributed by atoms with van der Waals surface area (Å²) in [5.41, 5.74) is 6.80. The van der Waals surface area contributed by atoms with Crippen LogP contribution in [0.1, 0.15) is 12.8 Å². The molecular formula is C24H28ClIN6O4S. The molecule has 2 atom stereocenters. The number of benzene rings is 1. The maximum atomic E-state index is 13.0. The largest absolute Gasteiger partial charge is 0.478 e. The summed E-state index contributed by atoms with van der Waals surface area (Å²) in [5.74, 6) is 1.15. The fourth-order valence-electron chi connectivity index (χ4n) is 4.84. The van der Waals surface area contributed by atoms with Crippen LogP contribution in [0.3, 0.4) is 0 Å². The fourth-order valence-corrected chi connectivity index (χ4v) is 6.93. The summed E-state index contributed by atoms with van der Waals surface area (Å²) in [6.07, 6.45) is 5.08. The number of methoxy groups -OCH3 is 2. The molecule has 2 fully saturated rings. The number of hydrogen-bond donors (Lipinski definition) is 1. The van der Waals surface area contributed by atoms with Crippen molar-refractivity contribution in [2.24, 2.45) is 11.1 Å². The highest BCUT2D eigenvalue weighted by Crippen LogP contribution is 2.44. The molecule has 0 amide bonds. The minimum atomic E-state index is -0.211. The Hall–Kier alpha value is -1.71. The topological polar surface area (TPSA) is 118 Å². The predicted molar refractivity (Wildman–Crippen MR) is 151 cm³/mol. The smallest absolute Gasteiger partial charge is 0.262 e. The number of ether oxygens (including phenoxy) is 3. The number of hydrogen-bond acceptors (Lipinski definition) is 10. The van der Waals surface area contributed by atoms with Crippen LogP contribution in [0.15, 0.2) is 39.4 Å². The first-order chi connectivity index (χ1) is 17.9. The monoisotopic (exact) mass is 658 g/mol. The summed E-state index contributed by atoms with van der Waals surface area (Å²) in [5, 5.41) is 1.31. The van der Waals surface area contributed by atoms with Crippen molar-refractivity contribution < 1.29 is 14.2 Å². The summed E-state index contributed by atoms with van der Waals surface area (Å²) < 4.78 is 18.1. The minimum Gasteiger partial charge on any atom is -0.478 e. The van der Waals surface area contributed by atoms with Crippen LogP contribution in [-0.2, 0) is 16.0 Å². The molecule has 10 nitrogen and oxygen atoms in total. The number of halogens is 2. The minimum absolute atomic E-state index is 0.0165. The van der Waals surface area contributed by atoms with Gasteiger partial charge in [0.15, 0.2) is 5.82 Å². The Morgan fingerprint density at radius 2 is 2.08 bits per heavy atom. The van der Waals surface area contributed by atoms with Crippen molar-refractivity contribution in [3.63, 3.8) is 0 Å². The van der Waals surface area contributed by atoms with Crippen LogP contribution in [-0.4, -0.2) is 70.2 Å². The first-order valence-corrected chi connectivity index (χ1v) is 14.3. The van der Waals surface area contributed by atoms with E-state index in [0.29, 0.717) is 57.3 Å². The molecule has 2 aromatic heterocycles. The Balaban J connectivity index is 1.36. The van der Waals surface area contributed by atoms with Crippen LogP contribution >= 0.6 is 46.0 Å². The van der Waals surface area contributed by atoms with Gasteiger partial charge in [-0.3, -0.25) is 9.36 Å². The van der Waals surface area contributed by atoms with E-state index in [1.165, 1.54) is 22.7 Å². The van der Waals surface area contributed by atoms with Crippen molar-refractivity contribution >= 4 is 62.7 Å². The van der Waals surface area contributed by atoms with Gasteiger partial charge in [0.2, 0.25) is 0 Å². The summed E-state index contributed by atoms with van der Waals surface area (Å²) in [4.78, 5) is 29.7. The van der Waals surface area contributed by atoms with E-state index < -0.39 is 0 Å². The highest BCUT2D eigenvalue weighted by atomic mass is 127. The average Bonchev–Trinajstić information content (AvgIpc) is 3.18. The molecule has 1 aromatic carbocycles. The molecule has 2 saturated heterocycles. The Morgan fingerprint density at radius 1 is 1.30 bits per heavy atom. The van der Waals surface area contributed by atoms with Crippen molar-refractivity contribution in [1.82, 2.24) is 19.5 Å². The third-order valence-electron chi connectivity index (χ3n) is 7.12. The number of aromatic nitrogens is 4. The predicted octanol–water partition coefficient (Wildman–Crippen LogP) is 3.35. The Bertz CT molecular complexity index is 1350. The van der Waals surface area contributed by atoms with E-state index in [2.05, 4.69) is 32.5 Å². The molecule has 0 bridgehead atoms. The highest BCUT2D eigenvalue weighted by Gasteiger charge is 2.48. The Kier molecular flexibility index (Phi) is 8.13. The molecule has 198 valence electrons. The SMILES string of the molecule is COCCn1cnc2ccc(Sc3cnc(N4CCC5(CC4)CO[C@@H](I)[C@H]5N)c(OC)n3)c(Cl)c2c1=O. The molecule has 2 N–H and O–H groups in total. The van der Waals surface area contributed by atoms with Crippen LogP contribution in [0, 0.1) is 5.41 Å². The number of rotatable bonds is 7. The molecule has 1 spiro atoms. The summed E-state index contributed by atoms with van der Waals surface area (Å²) in [6, 6.07) is 3.65. The van der Waals surface area contributed by atoms with Gasteiger partial charge in [-0.1, -0.05) is 23.4 Å². The van der Waals surface area contributed by atoms with Gasteiger partial charge in [-0.15, -0.1) is 0 Å². The molecule has 0 aliphatic carbocycles. The van der Waals surface area contributed by atoms with Gasteiger partial charge in [-0.25, -0.2) is 15.0 Å². The standard InChI is InChI=1S/C24H28ClIN6O4S/c1-34-10-9-32-13-29-14-3-4-15(18(25)17(14)23(32)33)37-16-11-28-21(22(30-16)35-2)31-7-5-24(6-8-31)12-36-20(26)19(24)27/h3-4,11,13,19-20H,5-10,12,27H2,1-2H3/t19-,20-/m1/s1. The molecule has 0 saturated carbocycles. The lowest BCUT2D eigenvalue weighted by Crippen LogP contribution is -2.50. The quantitative estimate of drug-likeness (QED) is 0.299. The maximum Gasteiger partial charge on any atom is 0.262 e. The third-order valence-corrected chi connectivity index (χ3v) is 9.72. The number of nitrogens with zero attached hydrogens (tertiary/aromatic N) is 5. The number of piperidine rings is 1. The molecule has 4 heterocycles. The van der Waals surface area contributed by atoms with Crippen molar-refractivity contribution in [3.8, 4) is 5.88 Å². The number of fused-ring (bicyclic) bond motifs is 1. The van der Waals surface area contributed by atoms with Crippen molar-refractivity contribution in [2.75, 3.05) is 45.4 Å². The van der Waals surface area contributed by atoms with Crippen molar-refractivity contribution in [3.05, 3.63) is 40.0 Å². The zero-order valence-corrected chi connectivity index (χ0v) is 24.3. The van der Waals surface area contributed by atoms with Gasteiger partial charge >= 0.3 is 0 Å². The van der Waals surface area contributed by atoms with Crippen LogP contribution in [0.25, 0.3) is 10.9 Å². The zero-order chi connectivity index (χ0) is 26.2. The lowest BCUT2D eigenvalue weighted by Gasteiger charge is -2.41. The highest BCUT2D eigenvalue weighted by molar-refractivity contribution is 14.1. The van der Waals surface area contributed by atoms with E-state index in [4.69, 9.17) is 41.5 Å². The van der Waals surface area contributed by atoms with E-state index in [1.807, 2.05) is 6.07 Å². The fraction of sp³-hybridized carbons (Fsp3) is 0.500. The average molecular weight is 659 g/mol. The van der Waals surface area contributed by atoms with Gasteiger partial charge in [0.1, 0.15) is 9.14 Å². The van der Waals surface area contributed by atoms with Gasteiger partial charge in [0.25, 0.3) is 11.4 Å². The van der Waals surface area contributed by atoms with E-state index in [1.54, 1.807) is 26.5 Å². The van der Waals surface area contributed by atoms with Gasteiger partial charge in [0.05, 0.1) is 55.3 Å². The van der Waals surface area contributed by atoms with Gasteiger partial charge in [0, 0.05) is 36.6 Å².